The van der Waals surface area contributed by atoms with Crippen molar-refractivity contribution >= 4 is 6.29 Å². The number of carbonyl (C=O) groups excluding carboxylic acids is 1. The van der Waals surface area contributed by atoms with Crippen molar-refractivity contribution in [2.45, 2.75) is 72.6 Å². The highest BCUT2D eigenvalue weighted by Gasteiger charge is 2.55. The van der Waals surface area contributed by atoms with Gasteiger partial charge >= 0.3 is 0 Å². The van der Waals surface area contributed by atoms with Gasteiger partial charge in [-0.3, -0.25) is 0 Å². The summed E-state index contributed by atoms with van der Waals surface area (Å²) >= 11 is 0. The van der Waals surface area contributed by atoms with Gasteiger partial charge in [0.1, 0.15) is 6.29 Å². The van der Waals surface area contributed by atoms with Gasteiger partial charge < -0.3 is 4.79 Å². The highest BCUT2D eigenvalue weighted by Crippen LogP contribution is 2.60. The molecule has 1 fully saturated rings. The zero-order valence-corrected chi connectivity index (χ0v) is 13.8. The van der Waals surface area contributed by atoms with Gasteiger partial charge in [-0.05, 0) is 55.3 Å². The molecule has 20 heavy (non-hydrogen) atoms. The molecule has 0 aliphatic heterocycles. The van der Waals surface area contributed by atoms with E-state index < -0.39 is 0 Å². The third kappa shape index (κ3) is 2.49. The molecule has 0 bridgehead atoms. The summed E-state index contributed by atoms with van der Waals surface area (Å²) in [6, 6.07) is 0. The molecular formula is C19H32O. The van der Waals surface area contributed by atoms with Crippen LogP contribution in [0.3, 0.4) is 0 Å². The van der Waals surface area contributed by atoms with Crippen LogP contribution in [0.5, 0.6) is 0 Å². The molecule has 2 aliphatic rings. The van der Waals surface area contributed by atoms with Gasteiger partial charge in [0.15, 0.2) is 0 Å². The Morgan fingerprint density at radius 2 is 1.95 bits per heavy atom. The van der Waals surface area contributed by atoms with Crippen molar-refractivity contribution in [1.29, 1.82) is 0 Å². The fourth-order valence-electron chi connectivity index (χ4n) is 5.08. The Bertz CT molecular complexity index is 370. The van der Waals surface area contributed by atoms with E-state index in [-0.39, 0.29) is 10.8 Å². The first-order valence-corrected chi connectivity index (χ1v) is 8.59. The van der Waals surface area contributed by atoms with Crippen molar-refractivity contribution in [3.63, 3.8) is 0 Å². The third-order valence-corrected chi connectivity index (χ3v) is 6.53. The van der Waals surface area contributed by atoms with Crippen LogP contribution < -0.4 is 0 Å². The second-order valence-corrected chi connectivity index (χ2v) is 7.88. The Hall–Kier alpha value is -0.590. The van der Waals surface area contributed by atoms with Gasteiger partial charge in [-0.2, -0.15) is 0 Å². The maximum atomic E-state index is 12.2. The molecule has 0 amide bonds. The van der Waals surface area contributed by atoms with E-state index in [2.05, 4.69) is 39.8 Å². The molecule has 0 radical (unpaired) electrons. The molecular weight excluding hydrogens is 244 g/mol. The first kappa shape index (κ1) is 15.8. The van der Waals surface area contributed by atoms with E-state index >= 15 is 0 Å². The summed E-state index contributed by atoms with van der Waals surface area (Å²) in [5.41, 5.74) is 0.130. The molecule has 1 nitrogen and oxygen atoms in total. The number of hydrogen-bond donors (Lipinski definition) is 0. The minimum atomic E-state index is -0.0971. The second kappa shape index (κ2) is 6.03. The van der Waals surface area contributed by atoms with Crippen LogP contribution in [0.4, 0.5) is 0 Å². The molecule has 0 aromatic rings. The average molecular weight is 276 g/mol. The van der Waals surface area contributed by atoms with E-state index in [1.807, 2.05) is 0 Å². The van der Waals surface area contributed by atoms with Gasteiger partial charge in [0.25, 0.3) is 0 Å². The lowest BCUT2D eigenvalue weighted by molar-refractivity contribution is -0.137. The quantitative estimate of drug-likeness (QED) is 0.496. The van der Waals surface area contributed by atoms with Gasteiger partial charge in [-0.1, -0.05) is 52.7 Å². The third-order valence-electron chi connectivity index (χ3n) is 6.53. The Labute approximate surface area is 125 Å². The second-order valence-electron chi connectivity index (χ2n) is 7.88. The molecule has 4 atom stereocenters. The predicted molar refractivity (Wildman–Crippen MR) is 85.6 cm³/mol. The van der Waals surface area contributed by atoms with Crippen molar-refractivity contribution in [2.24, 2.45) is 28.6 Å². The fraction of sp³-hybridized carbons (Fsp3) is 0.842. The van der Waals surface area contributed by atoms with Crippen LogP contribution in [0, 0.1) is 28.6 Å². The fourth-order valence-corrected chi connectivity index (χ4v) is 5.08. The SMILES string of the molecule is CC1CCCC(C(C)C(C)C)(C2(C=O)CC=CCC2)C1. The van der Waals surface area contributed by atoms with Gasteiger partial charge in [0, 0.05) is 5.41 Å². The molecule has 1 heteroatoms. The van der Waals surface area contributed by atoms with Gasteiger partial charge in [0.2, 0.25) is 0 Å². The highest BCUT2D eigenvalue weighted by atomic mass is 16.1. The van der Waals surface area contributed by atoms with Crippen LogP contribution in [0.1, 0.15) is 72.6 Å². The Morgan fingerprint density at radius 1 is 1.20 bits per heavy atom. The average Bonchev–Trinajstić information content (AvgIpc) is 2.46. The van der Waals surface area contributed by atoms with Crippen molar-refractivity contribution in [2.75, 3.05) is 0 Å². The smallest absolute Gasteiger partial charge is 0.127 e. The Morgan fingerprint density at radius 3 is 2.45 bits per heavy atom. The summed E-state index contributed by atoms with van der Waals surface area (Å²) < 4.78 is 0. The Kier molecular flexibility index (Phi) is 4.76. The molecule has 0 N–H and O–H groups in total. The van der Waals surface area contributed by atoms with Crippen LogP contribution in [0.2, 0.25) is 0 Å². The minimum absolute atomic E-state index is 0.0971. The number of carbonyl (C=O) groups is 1. The normalized spacial score (nSPS) is 39.8. The van der Waals surface area contributed by atoms with Crippen LogP contribution in [-0.4, -0.2) is 6.29 Å². The summed E-state index contributed by atoms with van der Waals surface area (Å²) in [6.07, 6.45) is 14.2. The lowest BCUT2D eigenvalue weighted by Gasteiger charge is -2.56. The van der Waals surface area contributed by atoms with E-state index in [0.29, 0.717) is 11.8 Å². The summed E-state index contributed by atoms with van der Waals surface area (Å²) in [7, 11) is 0. The van der Waals surface area contributed by atoms with Gasteiger partial charge in [-0.25, -0.2) is 0 Å². The van der Waals surface area contributed by atoms with Crippen molar-refractivity contribution in [3.8, 4) is 0 Å². The topological polar surface area (TPSA) is 17.1 Å². The molecule has 114 valence electrons. The van der Waals surface area contributed by atoms with Crippen LogP contribution >= 0.6 is 0 Å². The summed E-state index contributed by atoms with van der Waals surface area (Å²) in [5, 5.41) is 0. The molecule has 0 spiro atoms. The zero-order chi connectivity index (χ0) is 14.8. The van der Waals surface area contributed by atoms with E-state index in [4.69, 9.17) is 0 Å². The number of hydrogen-bond acceptors (Lipinski definition) is 1. The molecule has 4 unspecified atom stereocenters. The highest BCUT2D eigenvalue weighted by molar-refractivity contribution is 5.62. The van der Waals surface area contributed by atoms with Crippen molar-refractivity contribution in [1.82, 2.24) is 0 Å². The summed E-state index contributed by atoms with van der Waals surface area (Å²) in [5.74, 6) is 2.05. The van der Waals surface area contributed by atoms with E-state index in [9.17, 15) is 4.79 Å². The van der Waals surface area contributed by atoms with Gasteiger partial charge in [-0.15, -0.1) is 0 Å². The maximum absolute atomic E-state index is 12.2. The molecule has 0 aromatic heterocycles. The largest absolute Gasteiger partial charge is 0.303 e. The van der Waals surface area contributed by atoms with Crippen LogP contribution in [-0.2, 0) is 4.79 Å². The monoisotopic (exact) mass is 276 g/mol. The van der Waals surface area contributed by atoms with E-state index in [1.165, 1.54) is 32.0 Å². The Balaban J connectivity index is 2.44. The number of allylic oxidation sites excluding steroid dienone is 2. The van der Waals surface area contributed by atoms with E-state index in [0.717, 1.165) is 25.2 Å². The molecule has 0 heterocycles. The number of aldehydes is 1. The standard InChI is InChI=1S/C19H32O/c1-15(2)17(4)19(12-8-9-16(3)13-19)18(14-20)10-6-5-7-11-18/h5-6,14-17H,7-13H2,1-4H3. The minimum Gasteiger partial charge on any atom is -0.303 e. The van der Waals surface area contributed by atoms with Crippen LogP contribution in [0.25, 0.3) is 0 Å². The van der Waals surface area contributed by atoms with Crippen LogP contribution in [0.15, 0.2) is 12.2 Å². The van der Waals surface area contributed by atoms with Gasteiger partial charge in [0.05, 0.1) is 0 Å². The molecule has 2 aliphatic carbocycles. The molecule has 1 saturated carbocycles. The molecule has 0 saturated heterocycles. The first-order valence-electron chi connectivity index (χ1n) is 8.59. The lowest BCUT2D eigenvalue weighted by atomic mass is 9.47. The van der Waals surface area contributed by atoms with Crippen molar-refractivity contribution < 1.29 is 4.79 Å². The molecule has 2 rings (SSSR count). The first-order chi connectivity index (χ1) is 9.47. The maximum Gasteiger partial charge on any atom is 0.127 e. The van der Waals surface area contributed by atoms with Crippen molar-refractivity contribution in [3.05, 3.63) is 12.2 Å². The predicted octanol–water partition coefficient (Wildman–Crippen LogP) is 5.40. The number of rotatable bonds is 4. The zero-order valence-electron chi connectivity index (χ0n) is 13.8. The lowest BCUT2D eigenvalue weighted by Crippen LogP contribution is -2.51. The summed E-state index contributed by atoms with van der Waals surface area (Å²) in [4.78, 5) is 12.2. The molecule has 0 aromatic carbocycles. The summed E-state index contributed by atoms with van der Waals surface area (Å²) in [6.45, 7) is 9.47. The van der Waals surface area contributed by atoms with E-state index in [1.54, 1.807) is 0 Å².